The molecule has 0 spiro atoms. The minimum atomic E-state index is -1.01. The van der Waals surface area contributed by atoms with Crippen molar-refractivity contribution in [2.75, 3.05) is 14.2 Å². The lowest BCUT2D eigenvalue weighted by Crippen LogP contribution is -2.52. The summed E-state index contributed by atoms with van der Waals surface area (Å²) in [6.07, 6.45) is -1.66. The molecule has 0 aromatic carbocycles. The second-order valence-electron chi connectivity index (χ2n) is 4.42. The normalized spacial score (nSPS) is 49.3. The lowest BCUT2D eigenvalue weighted by Gasteiger charge is -2.44. The summed E-state index contributed by atoms with van der Waals surface area (Å²) in [5.41, 5.74) is 0. The van der Waals surface area contributed by atoms with E-state index in [1.165, 1.54) is 0 Å². The quantitative estimate of drug-likeness (QED) is 0.687. The first-order valence-corrected chi connectivity index (χ1v) is 5.24. The predicted octanol–water partition coefficient (Wildman–Crippen LogP) is 2.28. The third kappa shape index (κ3) is 1.80. The van der Waals surface area contributed by atoms with Gasteiger partial charge < -0.3 is 9.47 Å². The molecule has 4 unspecified atom stereocenters. The third-order valence-corrected chi connectivity index (χ3v) is 3.87. The molecule has 4 atom stereocenters. The molecule has 0 aromatic heterocycles. The van der Waals surface area contributed by atoms with Crippen molar-refractivity contribution in [3.05, 3.63) is 0 Å². The summed E-state index contributed by atoms with van der Waals surface area (Å²) in [7, 11) is 3.15. The molecule has 1 fully saturated rings. The molecule has 1 saturated carbocycles. The van der Waals surface area contributed by atoms with Crippen molar-refractivity contribution in [1.29, 1.82) is 0 Å². The standard InChI is InChI=1S/C11H21FO2/c1-6-7(2)10(13-4)9(12)11(14-5)8(6)3/h6-11H,1-5H3. The number of alkyl halides is 1. The van der Waals surface area contributed by atoms with Crippen molar-refractivity contribution < 1.29 is 13.9 Å². The Kier molecular flexibility index (Phi) is 3.90. The zero-order chi connectivity index (χ0) is 10.9. The van der Waals surface area contributed by atoms with Gasteiger partial charge in [-0.25, -0.2) is 4.39 Å². The topological polar surface area (TPSA) is 18.5 Å². The Balaban J connectivity index is 2.82. The van der Waals surface area contributed by atoms with Gasteiger partial charge in [-0.2, -0.15) is 0 Å². The van der Waals surface area contributed by atoms with Gasteiger partial charge in [0.25, 0.3) is 0 Å². The number of ether oxygens (including phenoxy) is 2. The third-order valence-electron chi connectivity index (χ3n) is 3.87. The second-order valence-corrected chi connectivity index (χ2v) is 4.42. The fourth-order valence-electron chi connectivity index (χ4n) is 2.53. The molecule has 84 valence electrons. The average molecular weight is 204 g/mol. The molecule has 0 amide bonds. The maximum Gasteiger partial charge on any atom is 0.153 e. The van der Waals surface area contributed by atoms with Crippen LogP contribution in [0.2, 0.25) is 0 Å². The van der Waals surface area contributed by atoms with Gasteiger partial charge in [0, 0.05) is 14.2 Å². The molecule has 3 heteroatoms. The molecule has 0 aliphatic heterocycles. The summed E-state index contributed by atoms with van der Waals surface area (Å²) in [5.74, 6) is 0.921. The van der Waals surface area contributed by atoms with Gasteiger partial charge in [0.15, 0.2) is 6.17 Å². The molecule has 0 radical (unpaired) electrons. The van der Waals surface area contributed by atoms with E-state index >= 15 is 0 Å². The number of hydrogen-bond donors (Lipinski definition) is 0. The monoisotopic (exact) mass is 204 g/mol. The van der Waals surface area contributed by atoms with Gasteiger partial charge in [-0.15, -0.1) is 0 Å². The van der Waals surface area contributed by atoms with Gasteiger partial charge in [0.1, 0.15) is 0 Å². The van der Waals surface area contributed by atoms with Crippen molar-refractivity contribution in [2.24, 2.45) is 17.8 Å². The van der Waals surface area contributed by atoms with Crippen molar-refractivity contribution in [2.45, 2.75) is 39.2 Å². The number of hydrogen-bond acceptors (Lipinski definition) is 2. The fourth-order valence-corrected chi connectivity index (χ4v) is 2.53. The molecule has 1 rings (SSSR count). The van der Waals surface area contributed by atoms with Crippen LogP contribution < -0.4 is 0 Å². The van der Waals surface area contributed by atoms with Gasteiger partial charge in [-0.1, -0.05) is 20.8 Å². The summed E-state index contributed by atoms with van der Waals surface area (Å²) < 4.78 is 24.4. The molecular formula is C11H21FO2. The van der Waals surface area contributed by atoms with Crippen LogP contribution in [0, 0.1) is 17.8 Å². The highest BCUT2D eigenvalue weighted by Gasteiger charge is 2.46. The summed E-state index contributed by atoms with van der Waals surface area (Å²) in [6.45, 7) is 6.24. The van der Waals surface area contributed by atoms with E-state index in [1.807, 2.05) is 13.8 Å². The Morgan fingerprint density at radius 1 is 0.786 bits per heavy atom. The van der Waals surface area contributed by atoms with E-state index in [1.54, 1.807) is 14.2 Å². The summed E-state index contributed by atoms with van der Waals surface area (Å²) in [6, 6.07) is 0. The van der Waals surface area contributed by atoms with E-state index in [-0.39, 0.29) is 24.0 Å². The maximum absolute atomic E-state index is 13.9. The Bertz CT molecular complexity index is 168. The number of halogens is 1. The van der Waals surface area contributed by atoms with Crippen LogP contribution in [0.15, 0.2) is 0 Å². The average Bonchev–Trinajstić information content (AvgIpc) is 2.16. The van der Waals surface area contributed by atoms with E-state index < -0.39 is 6.17 Å². The molecule has 2 nitrogen and oxygen atoms in total. The van der Waals surface area contributed by atoms with E-state index in [4.69, 9.17) is 9.47 Å². The van der Waals surface area contributed by atoms with E-state index in [0.29, 0.717) is 5.92 Å². The first-order valence-electron chi connectivity index (χ1n) is 5.24. The molecule has 0 N–H and O–H groups in total. The molecule has 14 heavy (non-hydrogen) atoms. The predicted molar refractivity (Wildman–Crippen MR) is 54.0 cm³/mol. The Morgan fingerprint density at radius 3 is 1.43 bits per heavy atom. The van der Waals surface area contributed by atoms with Crippen molar-refractivity contribution in [1.82, 2.24) is 0 Å². The van der Waals surface area contributed by atoms with Crippen LogP contribution in [-0.4, -0.2) is 32.6 Å². The first-order chi connectivity index (χ1) is 6.54. The summed E-state index contributed by atoms with van der Waals surface area (Å²) in [4.78, 5) is 0. The van der Waals surface area contributed by atoms with Gasteiger partial charge in [-0.05, 0) is 17.8 Å². The fraction of sp³-hybridized carbons (Fsp3) is 1.00. The molecule has 0 heterocycles. The molecule has 0 aromatic rings. The van der Waals surface area contributed by atoms with Crippen LogP contribution in [0.4, 0.5) is 4.39 Å². The highest BCUT2D eigenvalue weighted by molar-refractivity contribution is 4.94. The molecule has 1 aliphatic carbocycles. The van der Waals surface area contributed by atoms with Gasteiger partial charge >= 0.3 is 0 Å². The first kappa shape index (κ1) is 11.9. The molecule has 1 aliphatic rings. The van der Waals surface area contributed by atoms with Crippen LogP contribution >= 0.6 is 0 Å². The van der Waals surface area contributed by atoms with Gasteiger partial charge in [0.2, 0.25) is 0 Å². The van der Waals surface area contributed by atoms with Crippen LogP contribution in [0.5, 0.6) is 0 Å². The van der Waals surface area contributed by atoms with E-state index in [9.17, 15) is 4.39 Å². The molecule has 0 bridgehead atoms. The van der Waals surface area contributed by atoms with Crippen molar-refractivity contribution >= 4 is 0 Å². The Morgan fingerprint density at radius 2 is 1.14 bits per heavy atom. The number of methoxy groups -OCH3 is 2. The van der Waals surface area contributed by atoms with Crippen LogP contribution in [0.25, 0.3) is 0 Å². The van der Waals surface area contributed by atoms with Crippen LogP contribution in [-0.2, 0) is 9.47 Å². The summed E-state index contributed by atoms with van der Waals surface area (Å²) in [5, 5.41) is 0. The van der Waals surface area contributed by atoms with Crippen molar-refractivity contribution in [3.8, 4) is 0 Å². The smallest absolute Gasteiger partial charge is 0.153 e. The van der Waals surface area contributed by atoms with E-state index in [0.717, 1.165) is 0 Å². The van der Waals surface area contributed by atoms with E-state index in [2.05, 4.69) is 6.92 Å². The zero-order valence-electron chi connectivity index (χ0n) is 9.66. The van der Waals surface area contributed by atoms with Crippen LogP contribution in [0.1, 0.15) is 20.8 Å². The lowest BCUT2D eigenvalue weighted by molar-refractivity contribution is -0.142. The second kappa shape index (κ2) is 4.58. The molecular weight excluding hydrogens is 183 g/mol. The van der Waals surface area contributed by atoms with Gasteiger partial charge in [-0.3, -0.25) is 0 Å². The highest BCUT2D eigenvalue weighted by Crippen LogP contribution is 2.38. The largest absolute Gasteiger partial charge is 0.378 e. The van der Waals surface area contributed by atoms with Gasteiger partial charge in [0.05, 0.1) is 12.2 Å². The zero-order valence-corrected chi connectivity index (χ0v) is 9.66. The molecule has 0 saturated heterocycles. The minimum absolute atomic E-state index is 0.247. The van der Waals surface area contributed by atoms with Crippen LogP contribution in [0.3, 0.4) is 0 Å². The minimum Gasteiger partial charge on any atom is -0.378 e. The summed E-state index contributed by atoms with van der Waals surface area (Å²) >= 11 is 0. The van der Waals surface area contributed by atoms with Crippen molar-refractivity contribution in [3.63, 3.8) is 0 Å². The maximum atomic E-state index is 13.9. The highest BCUT2D eigenvalue weighted by atomic mass is 19.1. The SMILES string of the molecule is COC1C(C)C(C)C(C)C(OC)C1F. The Labute approximate surface area is 85.8 Å². The lowest BCUT2D eigenvalue weighted by atomic mass is 9.70. The Hall–Kier alpha value is -0.150. The number of rotatable bonds is 2.